The van der Waals surface area contributed by atoms with Crippen LogP contribution in [0.5, 0.6) is 0 Å². The lowest BCUT2D eigenvalue weighted by atomic mass is 9.86. The van der Waals surface area contributed by atoms with Crippen molar-refractivity contribution in [2.75, 3.05) is 13.1 Å². The summed E-state index contributed by atoms with van der Waals surface area (Å²) in [5.41, 5.74) is 5.02. The van der Waals surface area contributed by atoms with Gasteiger partial charge < -0.3 is 16.4 Å². The van der Waals surface area contributed by atoms with Gasteiger partial charge in [0.15, 0.2) is 0 Å². The maximum absolute atomic E-state index is 10.5. The summed E-state index contributed by atoms with van der Waals surface area (Å²) in [5, 5.41) is 6.10. The van der Waals surface area contributed by atoms with Crippen LogP contribution in [0.15, 0.2) is 24.3 Å². The highest BCUT2D eigenvalue weighted by atomic mass is 16.2. The van der Waals surface area contributed by atoms with Crippen molar-refractivity contribution in [3.05, 3.63) is 24.3 Å². The molecule has 0 saturated carbocycles. The van der Waals surface area contributed by atoms with Crippen LogP contribution in [0.1, 0.15) is 6.42 Å². The van der Waals surface area contributed by atoms with Gasteiger partial charge in [-0.3, -0.25) is 0 Å². The Morgan fingerprint density at radius 1 is 1.47 bits per heavy atom. The van der Waals surface area contributed by atoms with Crippen LogP contribution in [0.3, 0.4) is 0 Å². The van der Waals surface area contributed by atoms with Crippen molar-refractivity contribution in [3.63, 3.8) is 0 Å². The van der Waals surface area contributed by atoms with Gasteiger partial charge in [0, 0.05) is 18.5 Å². The zero-order valence-electron chi connectivity index (χ0n) is 8.65. The van der Waals surface area contributed by atoms with Gasteiger partial charge in [0.05, 0.1) is 0 Å². The lowest BCUT2D eigenvalue weighted by molar-refractivity contribution is 0.248. The van der Waals surface area contributed by atoms with Crippen LogP contribution in [0, 0.1) is 11.8 Å². The second-order valence-corrected chi connectivity index (χ2v) is 4.12. The van der Waals surface area contributed by atoms with Gasteiger partial charge in [-0.05, 0) is 18.9 Å². The molecule has 82 valence electrons. The van der Waals surface area contributed by atoms with Crippen LogP contribution in [0.4, 0.5) is 4.79 Å². The molecule has 4 heteroatoms. The number of rotatable bonds is 3. The molecule has 3 unspecified atom stereocenters. The smallest absolute Gasteiger partial charge is 0.312 e. The first-order valence-corrected chi connectivity index (χ1v) is 5.39. The van der Waals surface area contributed by atoms with E-state index in [4.69, 9.17) is 5.73 Å². The van der Waals surface area contributed by atoms with Gasteiger partial charge in [-0.2, -0.15) is 0 Å². The van der Waals surface area contributed by atoms with Crippen LogP contribution < -0.4 is 16.4 Å². The number of amides is 2. The van der Waals surface area contributed by atoms with Gasteiger partial charge >= 0.3 is 6.03 Å². The van der Waals surface area contributed by atoms with E-state index < -0.39 is 6.03 Å². The third-order valence-corrected chi connectivity index (χ3v) is 3.15. The highest BCUT2D eigenvalue weighted by Crippen LogP contribution is 2.29. The fraction of sp³-hybridized carbons (Fsp3) is 0.545. The van der Waals surface area contributed by atoms with E-state index in [1.54, 1.807) is 0 Å². The fourth-order valence-corrected chi connectivity index (χ4v) is 2.38. The minimum Gasteiger partial charge on any atom is -0.352 e. The molecule has 1 fully saturated rings. The average Bonchev–Trinajstić information content (AvgIpc) is 2.62. The summed E-state index contributed by atoms with van der Waals surface area (Å²) in [6, 6.07) is 0.0465. The Balaban J connectivity index is 1.81. The van der Waals surface area contributed by atoms with Gasteiger partial charge in [0.1, 0.15) is 0 Å². The third-order valence-electron chi connectivity index (χ3n) is 3.15. The van der Waals surface area contributed by atoms with E-state index in [-0.39, 0.29) is 0 Å². The first-order valence-electron chi connectivity index (χ1n) is 5.39. The lowest BCUT2D eigenvalue weighted by Crippen LogP contribution is -2.32. The Labute approximate surface area is 89.6 Å². The molecule has 4 N–H and O–H groups in total. The van der Waals surface area contributed by atoms with E-state index in [1.165, 1.54) is 0 Å². The minimum atomic E-state index is -0.434. The number of primary amides is 1. The van der Waals surface area contributed by atoms with Crippen molar-refractivity contribution < 1.29 is 4.79 Å². The zero-order chi connectivity index (χ0) is 10.7. The Morgan fingerprint density at radius 3 is 3.07 bits per heavy atom. The second kappa shape index (κ2) is 4.49. The molecule has 2 aliphatic rings. The Bertz CT molecular complexity index is 298. The molecule has 2 rings (SSSR count). The molecular weight excluding hydrogens is 190 g/mol. The normalized spacial score (nSPS) is 32.7. The van der Waals surface area contributed by atoms with Gasteiger partial charge in [-0.1, -0.05) is 24.3 Å². The number of fused-ring (bicyclic) bond motifs is 1. The molecule has 1 heterocycles. The van der Waals surface area contributed by atoms with Crippen molar-refractivity contribution in [1.82, 2.24) is 10.6 Å². The summed E-state index contributed by atoms with van der Waals surface area (Å²) in [7, 11) is 0. The number of urea groups is 1. The number of hydrogen-bond acceptors (Lipinski definition) is 2. The first-order chi connectivity index (χ1) is 7.27. The van der Waals surface area contributed by atoms with E-state index in [2.05, 4.69) is 34.9 Å². The summed E-state index contributed by atoms with van der Waals surface area (Å²) >= 11 is 0. The molecule has 2 amide bonds. The Kier molecular flexibility index (Phi) is 3.06. The molecule has 0 aromatic rings. The lowest BCUT2D eigenvalue weighted by Gasteiger charge is -2.20. The monoisotopic (exact) mass is 207 g/mol. The van der Waals surface area contributed by atoms with E-state index in [9.17, 15) is 4.79 Å². The zero-order valence-corrected chi connectivity index (χ0v) is 8.65. The summed E-state index contributed by atoms with van der Waals surface area (Å²) in [6.07, 6.45) is 9.61. The Hall–Kier alpha value is -1.29. The van der Waals surface area contributed by atoms with Crippen LogP contribution in [-0.4, -0.2) is 25.2 Å². The van der Waals surface area contributed by atoms with E-state index in [0.717, 1.165) is 13.0 Å². The molecule has 0 spiro atoms. The maximum atomic E-state index is 10.5. The summed E-state index contributed by atoms with van der Waals surface area (Å²) < 4.78 is 0. The highest BCUT2D eigenvalue weighted by molar-refractivity contribution is 5.71. The predicted molar refractivity (Wildman–Crippen MR) is 59.3 cm³/mol. The second-order valence-electron chi connectivity index (χ2n) is 4.12. The molecule has 0 aromatic carbocycles. The SMILES string of the molecule is NC(=O)NCCC1CNC2C=CC=CC12. The number of nitrogens with one attached hydrogen (secondary N) is 2. The van der Waals surface area contributed by atoms with Gasteiger partial charge in [0.2, 0.25) is 0 Å². The van der Waals surface area contributed by atoms with Crippen LogP contribution in [0.2, 0.25) is 0 Å². The van der Waals surface area contributed by atoms with Crippen molar-refractivity contribution in [3.8, 4) is 0 Å². The van der Waals surface area contributed by atoms with Crippen molar-refractivity contribution in [2.45, 2.75) is 12.5 Å². The molecular formula is C11H17N3O. The van der Waals surface area contributed by atoms with Crippen molar-refractivity contribution >= 4 is 6.03 Å². The molecule has 1 saturated heterocycles. The van der Waals surface area contributed by atoms with Crippen LogP contribution >= 0.6 is 0 Å². The summed E-state index contributed by atoms with van der Waals surface area (Å²) in [5.74, 6) is 1.17. The number of hydrogen-bond donors (Lipinski definition) is 3. The van der Waals surface area contributed by atoms with Crippen molar-refractivity contribution in [2.24, 2.45) is 17.6 Å². The van der Waals surface area contributed by atoms with Crippen molar-refractivity contribution in [1.29, 1.82) is 0 Å². The number of nitrogens with two attached hydrogens (primary N) is 1. The fourth-order valence-electron chi connectivity index (χ4n) is 2.38. The largest absolute Gasteiger partial charge is 0.352 e. The average molecular weight is 207 g/mol. The summed E-state index contributed by atoms with van der Waals surface area (Å²) in [4.78, 5) is 10.5. The molecule has 1 aliphatic heterocycles. The predicted octanol–water partition coefficient (Wildman–Crippen LogP) is 0.375. The molecule has 0 bridgehead atoms. The van der Waals surface area contributed by atoms with E-state index >= 15 is 0 Å². The molecule has 4 nitrogen and oxygen atoms in total. The molecule has 3 atom stereocenters. The topological polar surface area (TPSA) is 67.2 Å². The molecule has 1 aliphatic carbocycles. The number of carbonyl (C=O) groups excluding carboxylic acids is 1. The Morgan fingerprint density at radius 2 is 2.27 bits per heavy atom. The van der Waals surface area contributed by atoms with Gasteiger partial charge in [-0.15, -0.1) is 0 Å². The molecule has 0 aromatic heterocycles. The standard InChI is InChI=1S/C11H17N3O/c12-11(15)13-6-5-8-7-14-10-4-2-1-3-9(8)10/h1-4,8-10,14H,5-7H2,(H3,12,13,15). The minimum absolute atomic E-state index is 0.434. The quantitative estimate of drug-likeness (QED) is 0.626. The molecule has 15 heavy (non-hydrogen) atoms. The van der Waals surface area contributed by atoms with Gasteiger partial charge in [-0.25, -0.2) is 4.79 Å². The maximum Gasteiger partial charge on any atom is 0.312 e. The van der Waals surface area contributed by atoms with Crippen LogP contribution in [0.25, 0.3) is 0 Å². The summed E-state index contributed by atoms with van der Waals surface area (Å²) in [6.45, 7) is 1.69. The first kappa shape index (κ1) is 10.2. The highest BCUT2D eigenvalue weighted by Gasteiger charge is 2.32. The third kappa shape index (κ3) is 2.39. The molecule has 0 radical (unpaired) electrons. The van der Waals surface area contributed by atoms with Crippen LogP contribution in [-0.2, 0) is 0 Å². The number of carbonyl (C=O) groups is 1. The van der Waals surface area contributed by atoms with Gasteiger partial charge in [0.25, 0.3) is 0 Å². The number of allylic oxidation sites excluding steroid dienone is 2. The van der Waals surface area contributed by atoms with E-state index in [0.29, 0.717) is 24.4 Å². The van der Waals surface area contributed by atoms with E-state index in [1.807, 2.05) is 0 Å².